The van der Waals surface area contributed by atoms with E-state index in [9.17, 15) is 0 Å². The zero-order chi connectivity index (χ0) is 33.7. The third-order valence-corrected chi connectivity index (χ3v) is 10.0. The Labute approximate surface area is 295 Å². The van der Waals surface area contributed by atoms with Gasteiger partial charge < -0.3 is 0 Å². The van der Waals surface area contributed by atoms with Crippen molar-refractivity contribution in [1.82, 2.24) is 14.5 Å². The Kier molecular flexibility index (Phi) is 6.81. The number of nitrogens with zero attached hydrogens (tertiary/aromatic N) is 3. The maximum atomic E-state index is 5.24. The number of hydrogen-bond donors (Lipinski definition) is 0. The first-order valence-electron chi connectivity index (χ1n) is 17.3. The van der Waals surface area contributed by atoms with E-state index in [1.807, 2.05) is 24.3 Å². The van der Waals surface area contributed by atoms with Gasteiger partial charge in [0.2, 0.25) is 0 Å². The molecule has 0 radical (unpaired) electrons. The van der Waals surface area contributed by atoms with Crippen LogP contribution in [0.1, 0.15) is 0 Å². The van der Waals surface area contributed by atoms with Crippen LogP contribution in [-0.2, 0) is 0 Å². The van der Waals surface area contributed by atoms with Gasteiger partial charge in [0, 0.05) is 28.0 Å². The fourth-order valence-corrected chi connectivity index (χ4v) is 7.64. The Morgan fingerprint density at radius 1 is 0.353 bits per heavy atom. The maximum absolute atomic E-state index is 5.24. The molecule has 0 atom stereocenters. The molecular formula is C48H31N3. The highest BCUT2D eigenvalue weighted by atomic mass is 15.1. The zero-order valence-electron chi connectivity index (χ0n) is 27.7. The van der Waals surface area contributed by atoms with Gasteiger partial charge in [0.25, 0.3) is 0 Å². The molecule has 0 N–H and O–H groups in total. The number of rotatable bonds is 5. The van der Waals surface area contributed by atoms with Gasteiger partial charge in [-0.05, 0) is 62.0 Å². The van der Waals surface area contributed by atoms with Gasteiger partial charge in [-0.2, -0.15) is 0 Å². The molecule has 0 aliphatic rings. The Morgan fingerprint density at radius 3 is 1.63 bits per heavy atom. The number of fused-ring (bicyclic) bond motifs is 6. The van der Waals surface area contributed by atoms with Crippen LogP contribution < -0.4 is 0 Å². The molecule has 0 fully saturated rings. The van der Waals surface area contributed by atoms with Crippen LogP contribution in [0, 0.1) is 0 Å². The van der Waals surface area contributed by atoms with Crippen LogP contribution >= 0.6 is 0 Å². The van der Waals surface area contributed by atoms with Crippen LogP contribution in [0.5, 0.6) is 0 Å². The predicted molar refractivity (Wildman–Crippen MR) is 213 cm³/mol. The van der Waals surface area contributed by atoms with E-state index >= 15 is 0 Å². The van der Waals surface area contributed by atoms with Crippen LogP contribution in [0.25, 0.3) is 94.1 Å². The molecule has 0 unspecified atom stereocenters. The first-order chi connectivity index (χ1) is 25.3. The summed E-state index contributed by atoms with van der Waals surface area (Å²) in [6, 6.07) is 66.8. The average Bonchev–Trinajstić information content (AvgIpc) is 3.56. The third kappa shape index (κ3) is 4.90. The van der Waals surface area contributed by atoms with Crippen molar-refractivity contribution < 1.29 is 0 Å². The van der Waals surface area contributed by atoms with Crippen LogP contribution in [0.3, 0.4) is 0 Å². The van der Waals surface area contributed by atoms with Crippen molar-refractivity contribution in [2.45, 2.75) is 0 Å². The lowest BCUT2D eigenvalue weighted by Crippen LogP contribution is -2.02. The van der Waals surface area contributed by atoms with Crippen molar-refractivity contribution >= 4 is 43.4 Å². The summed E-state index contributed by atoms with van der Waals surface area (Å²) in [4.78, 5) is 10.3. The molecule has 3 nitrogen and oxygen atoms in total. The van der Waals surface area contributed by atoms with Crippen molar-refractivity contribution in [3.05, 3.63) is 188 Å². The summed E-state index contributed by atoms with van der Waals surface area (Å²) in [5, 5.41) is 7.34. The normalized spacial score (nSPS) is 11.5. The highest BCUT2D eigenvalue weighted by Crippen LogP contribution is 2.41. The van der Waals surface area contributed by atoms with Gasteiger partial charge in [0.05, 0.1) is 16.7 Å². The maximum Gasteiger partial charge on any atom is 0.162 e. The van der Waals surface area contributed by atoms with E-state index in [0.717, 1.165) is 33.7 Å². The molecule has 0 aliphatic heterocycles. The number of benzene rings is 8. The Hall–Kier alpha value is -6.84. The van der Waals surface area contributed by atoms with E-state index in [4.69, 9.17) is 9.97 Å². The average molecular weight is 650 g/mol. The van der Waals surface area contributed by atoms with E-state index in [1.54, 1.807) is 0 Å². The molecule has 8 aromatic carbocycles. The van der Waals surface area contributed by atoms with Gasteiger partial charge in [0.1, 0.15) is 5.82 Å². The molecular weight excluding hydrogens is 619 g/mol. The first-order valence-corrected chi connectivity index (χ1v) is 17.3. The summed E-state index contributed by atoms with van der Waals surface area (Å²) in [6.45, 7) is 0. The second kappa shape index (κ2) is 11.9. The Bertz CT molecular complexity index is 2830. The van der Waals surface area contributed by atoms with Gasteiger partial charge in [0.15, 0.2) is 5.82 Å². The fraction of sp³-hybridized carbons (Fsp3) is 0. The van der Waals surface area contributed by atoms with E-state index in [2.05, 4.69) is 168 Å². The van der Waals surface area contributed by atoms with Crippen LogP contribution in [0.15, 0.2) is 188 Å². The van der Waals surface area contributed by atoms with Crippen molar-refractivity contribution in [3.63, 3.8) is 0 Å². The second-order valence-corrected chi connectivity index (χ2v) is 13.0. The lowest BCUT2D eigenvalue weighted by Gasteiger charge is -2.13. The Morgan fingerprint density at radius 2 is 0.922 bits per heavy atom. The van der Waals surface area contributed by atoms with E-state index < -0.39 is 0 Å². The van der Waals surface area contributed by atoms with Crippen LogP contribution in [-0.4, -0.2) is 14.5 Å². The van der Waals surface area contributed by atoms with Gasteiger partial charge in [-0.15, -0.1) is 0 Å². The lowest BCUT2D eigenvalue weighted by molar-refractivity contribution is 1.05. The minimum absolute atomic E-state index is 0.701. The topological polar surface area (TPSA) is 30.7 Å². The first kappa shape index (κ1) is 29.1. The highest BCUT2D eigenvalue weighted by Gasteiger charge is 2.19. The molecule has 0 saturated heterocycles. The molecule has 10 rings (SSSR count). The molecule has 0 bridgehead atoms. The smallest absolute Gasteiger partial charge is 0.162 e. The molecule has 0 spiro atoms. The number of hydrogen-bond acceptors (Lipinski definition) is 2. The summed E-state index contributed by atoms with van der Waals surface area (Å²) in [6.07, 6.45) is 0. The van der Waals surface area contributed by atoms with Crippen molar-refractivity contribution in [1.29, 1.82) is 0 Å². The third-order valence-electron chi connectivity index (χ3n) is 10.0. The molecule has 10 aromatic rings. The lowest BCUT2D eigenvalue weighted by atomic mass is 9.91. The van der Waals surface area contributed by atoms with E-state index in [1.165, 1.54) is 54.6 Å². The highest BCUT2D eigenvalue weighted by molar-refractivity contribution is 6.22. The van der Waals surface area contributed by atoms with E-state index in [-0.39, 0.29) is 0 Å². The second-order valence-electron chi connectivity index (χ2n) is 13.0. The van der Waals surface area contributed by atoms with Crippen LogP contribution in [0.4, 0.5) is 0 Å². The van der Waals surface area contributed by atoms with Crippen molar-refractivity contribution in [3.8, 4) is 50.7 Å². The molecule has 2 aromatic heterocycles. The van der Waals surface area contributed by atoms with Gasteiger partial charge in [-0.3, -0.25) is 4.57 Å². The minimum Gasteiger partial charge on any atom is -0.294 e. The summed E-state index contributed by atoms with van der Waals surface area (Å²) in [5.74, 6) is 1.54. The van der Waals surface area contributed by atoms with Gasteiger partial charge >= 0.3 is 0 Å². The molecule has 238 valence electrons. The van der Waals surface area contributed by atoms with Gasteiger partial charge in [-0.1, -0.05) is 164 Å². The molecule has 0 amide bonds. The van der Waals surface area contributed by atoms with Gasteiger partial charge in [-0.25, -0.2) is 9.97 Å². The standard InChI is InChI=1S/C48H31N3/c1-4-14-32(15-5-1)37-27-28-38(40-21-11-10-20-39(37)40)36-25-24-33-26-29-45-47(42(33)30-36)41-22-12-13-23-44(41)51(45)46-31-43(34-16-6-2-7-17-34)49-48(50-46)35-18-8-3-9-19-35/h1-31H. The zero-order valence-corrected chi connectivity index (χ0v) is 27.7. The number of aromatic nitrogens is 3. The molecule has 0 saturated carbocycles. The quantitative estimate of drug-likeness (QED) is 0.186. The largest absolute Gasteiger partial charge is 0.294 e. The predicted octanol–water partition coefficient (Wildman–Crippen LogP) is 12.5. The van der Waals surface area contributed by atoms with E-state index in [0.29, 0.717) is 5.82 Å². The summed E-state index contributed by atoms with van der Waals surface area (Å²) in [5.41, 5.74) is 10.0. The molecule has 3 heteroatoms. The summed E-state index contributed by atoms with van der Waals surface area (Å²) in [7, 11) is 0. The fourth-order valence-electron chi connectivity index (χ4n) is 7.64. The SMILES string of the molecule is c1ccc(-c2cc(-n3c4ccccc4c4c5cc(-c6ccc(-c7ccccc7)c7ccccc67)ccc5ccc43)nc(-c3ccccc3)n2)cc1. The molecule has 2 heterocycles. The molecule has 51 heavy (non-hydrogen) atoms. The summed E-state index contributed by atoms with van der Waals surface area (Å²) < 4.78 is 2.31. The number of para-hydroxylation sites is 1. The van der Waals surface area contributed by atoms with Crippen molar-refractivity contribution in [2.24, 2.45) is 0 Å². The monoisotopic (exact) mass is 649 g/mol. The molecule has 0 aliphatic carbocycles. The van der Waals surface area contributed by atoms with Crippen LogP contribution in [0.2, 0.25) is 0 Å². The summed E-state index contributed by atoms with van der Waals surface area (Å²) >= 11 is 0. The van der Waals surface area contributed by atoms with Crippen molar-refractivity contribution in [2.75, 3.05) is 0 Å². The minimum atomic E-state index is 0.701. The Balaban J connectivity index is 1.22.